The van der Waals surface area contributed by atoms with E-state index in [-0.39, 0.29) is 0 Å². The summed E-state index contributed by atoms with van der Waals surface area (Å²) in [4.78, 5) is 0. The summed E-state index contributed by atoms with van der Waals surface area (Å²) < 4.78 is 0. The van der Waals surface area contributed by atoms with Crippen molar-refractivity contribution < 1.29 is 0 Å². The average molecular weight is 329 g/mol. The topological polar surface area (TPSA) is 0 Å². The number of hydrogen-bond donors (Lipinski definition) is 0. The molecule has 0 fully saturated rings. The van der Waals surface area contributed by atoms with Crippen LogP contribution >= 0.6 is 0 Å². The van der Waals surface area contributed by atoms with Gasteiger partial charge in [-0.2, -0.15) is 0 Å². The molecule has 0 N–H and O–H groups in total. The molecule has 0 saturated heterocycles. The lowest BCUT2D eigenvalue weighted by molar-refractivity contribution is 1.26. The van der Waals surface area contributed by atoms with Gasteiger partial charge in [0.1, 0.15) is 0 Å². The van der Waals surface area contributed by atoms with Crippen molar-refractivity contribution in [2.24, 2.45) is 0 Å². The summed E-state index contributed by atoms with van der Waals surface area (Å²) >= 11 is 0. The van der Waals surface area contributed by atoms with Crippen molar-refractivity contribution in [1.82, 2.24) is 0 Å². The van der Waals surface area contributed by atoms with E-state index in [1.807, 2.05) is 0 Å². The van der Waals surface area contributed by atoms with Crippen LogP contribution in [0.2, 0.25) is 0 Å². The molecule has 0 saturated carbocycles. The normalized spacial score (nSPS) is 16.0. The highest BCUT2D eigenvalue weighted by atomic mass is 14.3. The second kappa shape index (κ2) is 4.95. The molecule has 6 rings (SSSR count). The Labute approximate surface area is 152 Å². The number of rotatable bonds is 0. The SMILES string of the molecule is CC1=C[C]2C(=Cc3c4ccccc4cc4c3c2cc2ccccc24)C=C1. The van der Waals surface area contributed by atoms with E-state index in [1.165, 1.54) is 60.5 Å². The molecule has 0 nitrogen and oxygen atoms in total. The Morgan fingerprint density at radius 3 is 2.23 bits per heavy atom. The summed E-state index contributed by atoms with van der Waals surface area (Å²) in [6.45, 7) is 2.18. The Morgan fingerprint density at radius 1 is 0.654 bits per heavy atom. The second-order valence-electron chi connectivity index (χ2n) is 7.31. The predicted octanol–water partition coefficient (Wildman–Crippen LogP) is 6.98. The van der Waals surface area contributed by atoms with Crippen molar-refractivity contribution in [3.8, 4) is 0 Å². The zero-order chi connectivity index (χ0) is 17.3. The Balaban J connectivity index is 1.90. The summed E-state index contributed by atoms with van der Waals surface area (Å²) in [7, 11) is 0. The number of allylic oxidation sites excluding steroid dienone is 5. The van der Waals surface area contributed by atoms with Gasteiger partial charge in [0.2, 0.25) is 0 Å². The second-order valence-corrected chi connectivity index (χ2v) is 7.31. The van der Waals surface area contributed by atoms with Crippen molar-refractivity contribution in [2.45, 2.75) is 6.92 Å². The van der Waals surface area contributed by atoms with E-state index in [0.717, 1.165) is 0 Å². The van der Waals surface area contributed by atoms with E-state index in [9.17, 15) is 0 Å². The van der Waals surface area contributed by atoms with Gasteiger partial charge in [0.25, 0.3) is 0 Å². The molecule has 2 aliphatic carbocycles. The number of benzene rings is 4. The third-order valence-corrected chi connectivity index (χ3v) is 5.71. The van der Waals surface area contributed by atoms with Gasteiger partial charge in [0.05, 0.1) is 5.92 Å². The molecule has 26 heavy (non-hydrogen) atoms. The van der Waals surface area contributed by atoms with Crippen LogP contribution in [0.1, 0.15) is 18.1 Å². The van der Waals surface area contributed by atoms with Crippen LogP contribution in [0.3, 0.4) is 0 Å². The van der Waals surface area contributed by atoms with Crippen molar-refractivity contribution in [3.05, 3.63) is 107 Å². The zero-order valence-corrected chi connectivity index (χ0v) is 14.6. The molecule has 0 amide bonds. The van der Waals surface area contributed by atoms with Gasteiger partial charge in [-0.15, -0.1) is 0 Å². The number of hydrogen-bond acceptors (Lipinski definition) is 0. The first-order chi connectivity index (χ1) is 12.8. The largest absolute Gasteiger partial charge is 0.0651 e. The van der Waals surface area contributed by atoms with Crippen molar-refractivity contribution in [2.75, 3.05) is 0 Å². The van der Waals surface area contributed by atoms with Crippen LogP contribution in [0.5, 0.6) is 0 Å². The fourth-order valence-corrected chi connectivity index (χ4v) is 4.52. The highest BCUT2D eigenvalue weighted by molar-refractivity contribution is 6.20. The highest BCUT2D eigenvalue weighted by Crippen LogP contribution is 2.46. The Kier molecular flexibility index (Phi) is 2.69. The molecule has 0 unspecified atom stereocenters. The van der Waals surface area contributed by atoms with E-state index in [2.05, 4.69) is 91.9 Å². The molecule has 0 bridgehead atoms. The van der Waals surface area contributed by atoms with Crippen LogP contribution in [0.25, 0.3) is 38.4 Å². The minimum atomic E-state index is 1.31. The van der Waals surface area contributed by atoms with E-state index < -0.39 is 0 Å². The molecule has 121 valence electrons. The first-order valence-electron chi connectivity index (χ1n) is 9.12. The minimum absolute atomic E-state index is 1.31. The minimum Gasteiger partial charge on any atom is -0.0651 e. The maximum atomic E-state index is 2.38. The van der Waals surface area contributed by atoms with Gasteiger partial charge < -0.3 is 0 Å². The van der Waals surface area contributed by atoms with Crippen molar-refractivity contribution in [1.29, 1.82) is 0 Å². The average Bonchev–Trinajstić information content (AvgIpc) is 2.68. The molecule has 0 aromatic heterocycles. The quantitative estimate of drug-likeness (QED) is 0.241. The lowest BCUT2D eigenvalue weighted by Gasteiger charge is -2.27. The van der Waals surface area contributed by atoms with Crippen LogP contribution in [0.4, 0.5) is 0 Å². The molecule has 0 aliphatic heterocycles. The third-order valence-electron chi connectivity index (χ3n) is 5.71. The number of fused-ring (bicyclic) bond motifs is 6. The summed E-state index contributed by atoms with van der Waals surface area (Å²) in [5.74, 6) is 1.35. The molecule has 4 aromatic carbocycles. The molecule has 1 radical (unpaired) electrons. The first-order valence-corrected chi connectivity index (χ1v) is 9.12. The predicted molar refractivity (Wildman–Crippen MR) is 112 cm³/mol. The molecule has 0 spiro atoms. The summed E-state index contributed by atoms with van der Waals surface area (Å²) in [6.07, 6.45) is 9.18. The van der Waals surface area contributed by atoms with Crippen LogP contribution in [0.15, 0.2) is 90.0 Å². The van der Waals surface area contributed by atoms with Gasteiger partial charge in [-0.25, -0.2) is 0 Å². The molecule has 0 heterocycles. The molecule has 4 aromatic rings. The van der Waals surface area contributed by atoms with Gasteiger partial charge in [0.15, 0.2) is 0 Å². The summed E-state index contributed by atoms with van der Waals surface area (Å²) in [5.41, 5.74) is 5.34. The standard InChI is InChI=1S/C26H17/c1-16-10-11-19-15-24-20-8-4-2-6-17(20)13-23-21-9-5-3-7-18(21)14-25(26(23)24)22(19)12-16/h2-15H,1H3. The Bertz CT molecular complexity index is 1330. The smallest absolute Gasteiger partial charge is 0.0566 e. The first kappa shape index (κ1) is 14.1. The fourth-order valence-electron chi connectivity index (χ4n) is 4.52. The van der Waals surface area contributed by atoms with E-state index in [0.29, 0.717) is 0 Å². The lowest BCUT2D eigenvalue weighted by atomic mass is 9.75. The molecule has 2 aliphatic rings. The van der Waals surface area contributed by atoms with Crippen LogP contribution in [0, 0.1) is 5.92 Å². The summed E-state index contributed by atoms with van der Waals surface area (Å²) in [6, 6.07) is 22.3. The zero-order valence-electron chi connectivity index (χ0n) is 14.6. The van der Waals surface area contributed by atoms with Gasteiger partial charge in [-0.3, -0.25) is 0 Å². The maximum absolute atomic E-state index is 2.38. The highest BCUT2D eigenvalue weighted by Gasteiger charge is 2.26. The van der Waals surface area contributed by atoms with Crippen molar-refractivity contribution in [3.63, 3.8) is 0 Å². The molecular formula is C26H17. The molecule has 0 heteroatoms. The van der Waals surface area contributed by atoms with Gasteiger partial charge >= 0.3 is 0 Å². The van der Waals surface area contributed by atoms with Crippen LogP contribution in [-0.4, -0.2) is 0 Å². The third kappa shape index (κ3) is 1.79. The van der Waals surface area contributed by atoms with E-state index in [1.54, 1.807) is 0 Å². The van der Waals surface area contributed by atoms with Gasteiger partial charge in [-0.05, 0) is 74.1 Å². The van der Waals surface area contributed by atoms with Crippen LogP contribution in [-0.2, 0) is 0 Å². The van der Waals surface area contributed by atoms with Crippen LogP contribution < -0.4 is 0 Å². The van der Waals surface area contributed by atoms with Gasteiger partial charge in [0, 0.05) is 0 Å². The lowest BCUT2D eigenvalue weighted by Crippen LogP contribution is -2.09. The Morgan fingerprint density at radius 2 is 1.38 bits per heavy atom. The Hall–Kier alpha value is -3.12. The van der Waals surface area contributed by atoms with E-state index >= 15 is 0 Å². The molecular weight excluding hydrogens is 312 g/mol. The summed E-state index contributed by atoms with van der Waals surface area (Å²) in [5, 5.41) is 8.04. The fraction of sp³-hybridized carbons (Fsp3) is 0.0385. The molecule has 0 atom stereocenters. The van der Waals surface area contributed by atoms with E-state index in [4.69, 9.17) is 0 Å². The maximum Gasteiger partial charge on any atom is 0.0566 e. The van der Waals surface area contributed by atoms with Crippen molar-refractivity contribution >= 4 is 38.4 Å². The monoisotopic (exact) mass is 329 g/mol. The van der Waals surface area contributed by atoms with Gasteiger partial charge in [-0.1, -0.05) is 72.3 Å².